The van der Waals surface area contributed by atoms with Crippen LogP contribution in [0.1, 0.15) is 18.4 Å². The summed E-state index contributed by atoms with van der Waals surface area (Å²) in [5.41, 5.74) is 0.651. The molecule has 0 radical (unpaired) electrons. The lowest BCUT2D eigenvalue weighted by atomic mass is 10.2. The summed E-state index contributed by atoms with van der Waals surface area (Å²) in [6, 6.07) is 5.71. The zero-order valence-electron chi connectivity index (χ0n) is 10.7. The Morgan fingerprint density at radius 1 is 1.05 bits per heavy atom. The lowest BCUT2D eigenvalue weighted by Gasteiger charge is -2.07. The topological polar surface area (TPSA) is 106 Å². The van der Waals surface area contributed by atoms with Crippen LogP contribution in [0.5, 0.6) is 0 Å². The average Bonchev–Trinajstić information content (AvgIpc) is 2.36. The van der Waals surface area contributed by atoms with E-state index in [1.807, 2.05) is 0 Å². The van der Waals surface area contributed by atoms with Crippen molar-refractivity contribution in [2.24, 2.45) is 5.14 Å². The molecule has 0 bridgehead atoms. The molecule has 0 amide bonds. The largest absolute Gasteiger partial charge is 0.238 e. The molecule has 1 aromatic rings. The second-order valence-electron chi connectivity index (χ2n) is 4.23. The molecule has 0 fully saturated rings. The van der Waals surface area contributed by atoms with Crippen LogP contribution < -0.4 is 9.86 Å². The Morgan fingerprint density at radius 3 is 2.15 bits per heavy atom. The summed E-state index contributed by atoms with van der Waals surface area (Å²) >= 11 is 5.48. The first-order chi connectivity index (χ1) is 9.24. The quantitative estimate of drug-likeness (QED) is 0.538. The fraction of sp³-hybridized carbons (Fsp3) is 0.455. The van der Waals surface area contributed by atoms with Gasteiger partial charge in [-0.05, 0) is 30.5 Å². The minimum atomic E-state index is -3.73. The molecule has 0 spiro atoms. The summed E-state index contributed by atoms with van der Waals surface area (Å²) in [7, 11) is -7.07. The molecule has 0 saturated carbocycles. The molecule has 0 aliphatic heterocycles. The number of hydrogen-bond acceptors (Lipinski definition) is 4. The Balaban J connectivity index is 2.58. The Labute approximate surface area is 124 Å². The predicted octanol–water partition coefficient (Wildman–Crippen LogP) is 0.772. The SMILES string of the molecule is NS(=O)(=O)c1ccc(CNS(=O)(=O)CCCCCl)cc1. The van der Waals surface area contributed by atoms with Gasteiger partial charge in [-0.15, -0.1) is 11.6 Å². The van der Waals surface area contributed by atoms with Gasteiger partial charge in [-0.1, -0.05) is 12.1 Å². The zero-order valence-corrected chi connectivity index (χ0v) is 13.1. The van der Waals surface area contributed by atoms with Crippen LogP contribution in [0.2, 0.25) is 0 Å². The van der Waals surface area contributed by atoms with Crippen LogP contribution in [0.15, 0.2) is 29.2 Å². The van der Waals surface area contributed by atoms with E-state index in [2.05, 4.69) is 4.72 Å². The number of nitrogens with two attached hydrogens (primary N) is 1. The van der Waals surface area contributed by atoms with Gasteiger partial charge in [0.15, 0.2) is 0 Å². The third-order valence-electron chi connectivity index (χ3n) is 2.54. The number of halogens is 1. The maximum Gasteiger partial charge on any atom is 0.238 e. The van der Waals surface area contributed by atoms with E-state index in [-0.39, 0.29) is 17.2 Å². The third-order valence-corrected chi connectivity index (χ3v) is 5.15. The van der Waals surface area contributed by atoms with Crippen LogP contribution in [0.4, 0.5) is 0 Å². The van der Waals surface area contributed by atoms with Crippen LogP contribution in [-0.4, -0.2) is 28.5 Å². The van der Waals surface area contributed by atoms with E-state index in [9.17, 15) is 16.8 Å². The molecule has 114 valence electrons. The van der Waals surface area contributed by atoms with Crippen molar-refractivity contribution in [3.63, 3.8) is 0 Å². The molecule has 1 aromatic carbocycles. The van der Waals surface area contributed by atoms with Crippen molar-refractivity contribution >= 4 is 31.6 Å². The second kappa shape index (κ2) is 7.37. The molecule has 0 unspecified atom stereocenters. The van der Waals surface area contributed by atoms with Crippen LogP contribution >= 0.6 is 11.6 Å². The number of benzene rings is 1. The summed E-state index contributed by atoms with van der Waals surface area (Å²) in [6.45, 7) is 0.105. The molecule has 0 aliphatic rings. The van der Waals surface area contributed by atoms with Crippen molar-refractivity contribution in [2.75, 3.05) is 11.6 Å². The Hall–Kier alpha value is -0.670. The average molecular weight is 341 g/mol. The van der Waals surface area contributed by atoms with E-state index in [0.717, 1.165) is 0 Å². The molecular weight excluding hydrogens is 324 g/mol. The van der Waals surface area contributed by atoms with E-state index in [1.54, 1.807) is 0 Å². The van der Waals surface area contributed by atoms with Gasteiger partial charge in [0, 0.05) is 12.4 Å². The van der Waals surface area contributed by atoms with E-state index in [4.69, 9.17) is 16.7 Å². The van der Waals surface area contributed by atoms with Gasteiger partial charge in [0.2, 0.25) is 20.0 Å². The van der Waals surface area contributed by atoms with Crippen molar-refractivity contribution in [1.82, 2.24) is 4.72 Å². The lowest BCUT2D eigenvalue weighted by Crippen LogP contribution is -2.26. The fourth-order valence-corrected chi connectivity index (χ4v) is 3.27. The maximum absolute atomic E-state index is 11.6. The van der Waals surface area contributed by atoms with Crippen molar-refractivity contribution in [3.05, 3.63) is 29.8 Å². The Bertz CT molecular complexity index is 627. The van der Waals surface area contributed by atoms with Crippen molar-refractivity contribution < 1.29 is 16.8 Å². The summed E-state index contributed by atoms with van der Waals surface area (Å²) in [4.78, 5) is -0.00813. The van der Waals surface area contributed by atoms with Crippen LogP contribution in [0, 0.1) is 0 Å². The minimum Gasteiger partial charge on any atom is -0.225 e. The lowest BCUT2D eigenvalue weighted by molar-refractivity contribution is 0.577. The van der Waals surface area contributed by atoms with Gasteiger partial charge in [0.05, 0.1) is 10.6 Å². The second-order valence-corrected chi connectivity index (χ2v) is 8.09. The maximum atomic E-state index is 11.6. The van der Waals surface area contributed by atoms with E-state index >= 15 is 0 Å². The summed E-state index contributed by atoms with van der Waals surface area (Å²) < 4.78 is 47.8. The van der Waals surface area contributed by atoms with Gasteiger partial charge in [-0.2, -0.15) is 0 Å². The smallest absolute Gasteiger partial charge is 0.225 e. The number of rotatable bonds is 8. The highest BCUT2D eigenvalue weighted by Crippen LogP contribution is 2.09. The van der Waals surface area contributed by atoms with Crippen molar-refractivity contribution in [3.8, 4) is 0 Å². The molecule has 1 rings (SSSR count). The minimum absolute atomic E-state index is 0.00813. The van der Waals surface area contributed by atoms with E-state index < -0.39 is 20.0 Å². The highest BCUT2D eigenvalue weighted by atomic mass is 35.5. The number of nitrogens with one attached hydrogen (secondary N) is 1. The first-order valence-electron chi connectivity index (χ1n) is 5.90. The fourth-order valence-electron chi connectivity index (χ4n) is 1.45. The van der Waals surface area contributed by atoms with Gasteiger partial charge in [0.1, 0.15) is 0 Å². The van der Waals surface area contributed by atoms with Gasteiger partial charge >= 0.3 is 0 Å². The number of primary sulfonamides is 1. The first kappa shape index (κ1) is 17.4. The van der Waals surface area contributed by atoms with Gasteiger partial charge in [-0.25, -0.2) is 26.7 Å². The highest BCUT2D eigenvalue weighted by Gasteiger charge is 2.10. The molecule has 0 aliphatic carbocycles. The third kappa shape index (κ3) is 6.19. The van der Waals surface area contributed by atoms with Gasteiger partial charge in [0.25, 0.3) is 0 Å². The van der Waals surface area contributed by atoms with E-state index in [0.29, 0.717) is 24.3 Å². The van der Waals surface area contributed by atoms with Crippen LogP contribution in [0.3, 0.4) is 0 Å². The monoisotopic (exact) mass is 340 g/mol. The molecule has 9 heteroatoms. The molecule has 20 heavy (non-hydrogen) atoms. The Morgan fingerprint density at radius 2 is 1.65 bits per heavy atom. The van der Waals surface area contributed by atoms with Crippen LogP contribution in [-0.2, 0) is 26.6 Å². The number of sulfonamides is 2. The summed E-state index contributed by atoms with van der Waals surface area (Å²) in [5.74, 6) is 0.458. The summed E-state index contributed by atoms with van der Waals surface area (Å²) in [6.07, 6.45) is 1.15. The molecule has 0 aromatic heterocycles. The normalized spacial score (nSPS) is 12.5. The molecule has 6 nitrogen and oxygen atoms in total. The molecular formula is C11H17ClN2O4S2. The predicted molar refractivity (Wildman–Crippen MR) is 78.4 cm³/mol. The van der Waals surface area contributed by atoms with Crippen molar-refractivity contribution in [2.45, 2.75) is 24.3 Å². The number of alkyl halides is 1. The highest BCUT2D eigenvalue weighted by molar-refractivity contribution is 7.89. The molecule has 0 atom stereocenters. The summed E-state index contributed by atoms with van der Waals surface area (Å²) in [5, 5.41) is 4.97. The zero-order chi connectivity index (χ0) is 15.2. The number of unbranched alkanes of at least 4 members (excludes halogenated alkanes) is 1. The first-order valence-corrected chi connectivity index (χ1v) is 9.63. The Kier molecular flexibility index (Phi) is 6.41. The van der Waals surface area contributed by atoms with Crippen LogP contribution in [0.25, 0.3) is 0 Å². The molecule has 3 N–H and O–H groups in total. The number of hydrogen-bond donors (Lipinski definition) is 2. The molecule has 0 heterocycles. The van der Waals surface area contributed by atoms with Gasteiger partial charge < -0.3 is 0 Å². The van der Waals surface area contributed by atoms with E-state index in [1.165, 1.54) is 24.3 Å². The van der Waals surface area contributed by atoms with Gasteiger partial charge in [-0.3, -0.25) is 0 Å². The van der Waals surface area contributed by atoms with Crippen molar-refractivity contribution in [1.29, 1.82) is 0 Å². The standard InChI is InChI=1S/C11H17ClN2O4S2/c12-7-1-2-8-19(15,16)14-9-10-3-5-11(6-4-10)20(13,17)18/h3-6,14H,1-2,7-9H2,(H2,13,17,18). The molecule has 0 saturated heterocycles.